The molecule has 2 nitrogen and oxygen atoms in total. The van der Waals surface area contributed by atoms with Crippen molar-refractivity contribution in [3.63, 3.8) is 0 Å². The van der Waals surface area contributed by atoms with Crippen molar-refractivity contribution in [2.45, 2.75) is 39.7 Å². The van der Waals surface area contributed by atoms with Crippen LogP contribution in [0.5, 0.6) is 0 Å². The van der Waals surface area contributed by atoms with Crippen LogP contribution in [0.4, 0.5) is 8.78 Å². The maximum absolute atomic E-state index is 14.0. The van der Waals surface area contributed by atoms with Gasteiger partial charge >= 0.3 is 0 Å². The molecule has 21 heavy (non-hydrogen) atoms. The molecule has 2 rings (SSSR count). The Morgan fingerprint density at radius 2 is 1.86 bits per heavy atom. The summed E-state index contributed by atoms with van der Waals surface area (Å²) < 4.78 is 27.4. The van der Waals surface area contributed by atoms with Crippen LogP contribution >= 0.6 is 0 Å². The molecule has 1 unspecified atom stereocenters. The number of nitrogens with zero attached hydrogens (tertiary/aromatic N) is 1. The van der Waals surface area contributed by atoms with Crippen molar-refractivity contribution in [3.8, 4) is 0 Å². The average Bonchev–Trinajstić information content (AvgIpc) is 2.43. The van der Waals surface area contributed by atoms with Gasteiger partial charge in [-0.25, -0.2) is 8.78 Å². The van der Waals surface area contributed by atoms with Gasteiger partial charge in [0.05, 0.1) is 0 Å². The van der Waals surface area contributed by atoms with Crippen molar-refractivity contribution < 1.29 is 8.78 Å². The minimum atomic E-state index is -0.408. The van der Waals surface area contributed by atoms with E-state index in [2.05, 4.69) is 25.7 Å². The third-order valence-corrected chi connectivity index (χ3v) is 4.74. The summed E-state index contributed by atoms with van der Waals surface area (Å²) in [5.41, 5.74) is 6.53. The number of nitrogens with two attached hydrogens (primary N) is 1. The topological polar surface area (TPSA) is 29.3 Å². The second kappa shape index (κ2) is 6.41. The molecule has 0 radical (unpaired) electrons. The van der Waals surface area contributed by atoms with Gasteiger partial charge in [0.25, 0.3) is 0 Å². The molecule has 1 atom stereocenters. The van der Waals surface area contributed by atoms with Gasteiger partial charge in [-0.15, -0.1) is 0 Å². The van der Waals surface area contributed by atoms with Crippen molar-refractivity contribution >= 4 is 0 Å². The lowest BCUT2D eigenvalue weighted by molar-refractivity contribution is 0.0834. The molecule has 1 saturated heterocycles. The summed E-state index contributed by atoms with van der Waals surface area (Å²) in [7, 11) is 0. The van der Waals surface area contributed by atoms with Gasteiger partial charge in [-0.2, -0.15) is 0 Å². The summed E-state index contributed by atoms with van der Waals surface area (Å²) in [6.07, 6.45) is 2.16. The fourth-order valence-corrected chi connectivity index (χ4v) is 3.32. The van der Waals surface area contributed by atoms with Crippen LogP contribution in [0.3, 0.4) is 0 Å². The molecule has 0 saturated carbocycles. The van der Waals surface area contributed by atoms with Crippen LogP contribution in [0.2, 0.25) is 0 Å². The molecule has 1 aliphatic heterocycles. The minimum Gasteiger partial charge on any atom is -0.329 e. The zero-order chi connectivity index (χ0) is 15.6. The summed E-state index contributed by atoms with van der Waals surface area (Å²) >= 11 is 0. The van der Waals surface area contributed by atoms with Crippen LogP contribution in [-0.2, 0) is 0 Å². The van der Waals surface area contributed by atoms with Crippen molar-refractivity contribution in [3.05, 3.63) is 35.4 Å². The van der Waals surface area contributed by atoms with Crippen LogP contribution in [0.25, 0.3) is 0 Å². The van der Waals surface area contributed by atoms with E-state index in [1.807, 2.05) is 0 Å². The summed E-state index contributed by atoms with van der Waals surface area (Å²) in [4.78, 5) is 2.19. The standard InChI is InChI=1S/C17H26F2N2/c1-17(2,3)12-6-8-21(9-7-12)16(11-20)14-10-13(18)4-5-15(14)19/h4-5,10,12,16H,6-9,11,20H2,1-3H3. The lowest BCUT2D eigenvalue weighted by Crippen LogP contribution is -2.42. The van der Waals surface area contributed by atoms with Gasteiger partial charge in [0.1, 0.15) is 11.6 Å². The molecule has 0 aliphatic carbocycles. The van der Waals surface area contributed by atoms with Gasteiger partial charge in [0.15, 0.2) is 0 Å². The largest absolute Gasteiger partial charge is 0.329 e. The first kappa shape index (κ1) is 16.4. The first-order valence-corrected chi connectivity index (χ1v) is 7.72. The molecule has 1 fully saturated rings. The molecule has 1 aromatic rings. The summed E-state index contributed by atoms with van der Waals surface area (Å²) in [5.74, 6) is -0.108. The van der Waals surface area contributed by atoms with E-state index in [1.54, 1.807) is 0 Å². The van der Waals surface area contributed by atoms with E-state index in [9.17, 15) is 8.78 Å². The highest BCUT2D eigenvalue weighted by molar-refractivity contribution is 5.23. The molecule has 0 bridgehead atoms. The predicted octanol–water partition coefficient (Wildman–Crippen LogP) is 3.72. The normalized spacial score (nSPS) is 19.7. The smallest absolute Gasteiger partial charge is 0.128 e. The minimum absolute atomic E-state index is 0.235. The fourth-order valence-electron chi connectivity index (χ4n) is 3.32. The number of rotatable bonds is 3. The molecular weight excluding hydrogens is 270 g/mol. The molecule has 1 heterocycles. The van der Waals surface area contributed by atoms with Gasteiger partial charge in [-0.05, 0) is 55.5 Å². The van der Waals surface area contributed by atoms with E-state index >= 15 is 0 Å². The number of hydrogen-bond acceptors (Lipinski definition) is 2. The summed E-state index contributed by atoms with van der Waals surface area (Å²) in [5, 5.41) is 0. The number of hydrogen-bond donors (Lipinski definition) is 1. The Balaban J connectivity index is 2.11. The van der Waals surface area contributed by atoms with E-state index < -0.39 is 5.82 Å². The van der Waals surface area contributed by atoms with E-state index in [-0.39, 0.29) is 11.9 Å². The second-order valence-electron chi connectivity index (χ2n) is 7.09. The van der Waals surface area contributed by atoms with Crippen LogP contribution in [-0.4, -0.2) is 24.5 Å². The first-order valence-electron chi connectivity index (χ1n) is 7.72. The third-order valence-electron chi connectivity index (χ3n) is 4.74. The first-order chi connectivity index (χ1) is 9.82. The van der Waals surface area contributed by atoms with Gasteiger partial charge in [-0.1, -0.05) is 20.8 Å². The quantitative estimate of drug-likeness (QED) is 0.921. The molecule has 0 aromatic heterocycles. The Bertz CT molecular complexity index is 474. The van der Waals surface area contributed by atoms with Crippen molar-refractivity contribution in [2.24, 2.45) is 17.1 Å². The maximum Gasteiger partial charge on any atom is 0.128 e. The Morgan fingerprint density at radius 1 is 1.24 bits per heavy atom. The number of halogens is 2. The molecule has 4 heteroatoms. The number of benzene rings is 1. The molecule has 118 valence electrons. The Kier molecular flexibility index (Phi) is 4.99. The zero-order valence-corrected chi connectivity index (χ0v) is 13.2. The molecule has 0 amide bonds. The van der Waals surface area contributed by atoms with Gasteiger partial charge in [0.2, 0.25) is 0 Å². The molecular formula is C17H26F2N2. The van der Waals surface area contributed by atoms with E-state index in [0.29, 0.717) is 23.4 Å². The number of piperidine rings is 1. The lowest BCUT2D eigenvalue weighted by Gasteiger charge is -2.41. The monoisotopic (exact) mass is 296 g/mol. The highest BCUT2D eigenvalue weighted by atomic mass is 19.1. The summed E-state index contributed by atoms with van der Waals surface area (Å²) in [6.45, 7) is 8.88. The molecule has 0 spiro atoms. The maximum atomic E-state index is 14.0. The Hall–Kier alpha value is -1.00. The fraction of sp³-hybridized carbons (Fsp3) is 0.647. The third kappa shape index (κ3) is 3.80. The van der Waals surface area contributed by atoms with Gasteiger partial charge in [0, 0.05) is 18.2 Å². The van der Waals surface area contributed by atoms with Crippen molar-refractivity contribution in [1.82, 2.24) is 4.90 Å². The van der Waals surface area contributed by atoms with Crippen LogP contribution in [0.1, 0.15) is 45.2 Å². The average molecular weight is 296 g/mol. The molecule has 1 aromatic carbocycles. The Morgan fingerprint density at radius 3 is 2.38 bits per heavy atom. The SMILES string of the molecule is CC(C)(C)C1CCN(C(CN)c2cc(F)ccc2F)CC1. The van der Waals surface area contributed by atoms with E-state index in [1.165, 1.54) is 12.1 Å². The summed E-state index contributed by atoms with van der Waals surface area (Å²) in [6, 6.07) is 3.39. The van der Waals surface area contributed by atoms with Gasteiger partial charge < -0.3 is 5.73 Å². The second-order valence-corrected chi connectivity index (χ2v) is 7.09. The molecule has 2 N–H and O–H groups in total. The van der Waals surface area contributed by atoms with Crippen LogP contribution in [0, 0.1) is 23.0 Å². The van der Waals surface area contributed by atoms with E-state index in [0.717, 1.165) is 32.0 Å². The van der Waals surface area contributed by atoms with Gasteiger partial charge in [-0.3, -0.25) is 4.90 Å². The highest BCUT2D eigenvalue weighted by Crippen LogP contribution is 2.36. The highest BCUT2D eigenvalue weighted by Gasteiger charge is 2.32. The number of likely N-dealkylation sites (tertiary alicyclic amines) is 1. The molecule has 1 aliphatic rings. The zero-order valence-electron chi connectivity index (χ0n) is 13.2. The lowest BCUT2D eigenvalue weighted by atomic mass is 9.75. The Labute approximate surface area is 126 Å². The predicted molar refractivity (Wildman–Crippen MR) is 81.9 cm³/mol. The van der Waals surface area contributed by atoms with Crippen molar-refractivity contribution in [1.29, 1.82) is 0 Å². The van der Waals surface area contributed by atoms with Crippen LogP contribution < -0.4 is 5.73 Å². The van der Waals surface area contributed by atoms with E-state index in [4.69, 9.17) is 5.73 Å². The van der Waals surface area contributed by atoms with Crippen molar-refractivity contribution in [2.75, 3.05) is 19.6 Å². The van der Waals surface area contributed by atoms with Crippen LogP contribution in [0.15, 0.2) is 18.2 Å².